The molecule has 3 unspecified atom stereocenters. The molecule has 0 radical (unpaired) electrons. The average molecular weight is 780 g/mol. The van der Waals surface area contributed by atoms with E-state index in [9.17, 15) is 19.8 Å². The van der Waals surface area contributed by atoms with Crippen LogP contribution in [-0.4, -0.2) is 46.9 Å². The molecule has 0 spiro atoms. The molecule has 320 valence electrons. The third-order valence-electron chi connectivity index (χ3n) is 9.85. The summed E-state index contributed by atoms with van der Waals surface area (Å²) in [6.45, 7) is 6.23. The van der Waals surface area contributed by atoms with Crippen LogP contribution in [0.4, 0.5) is 0 Å². The van der Waals surface area contributed by atoms with E-state index in [4.69, 9.17) is 4.74 Å². The summed E-state index contributed by atoms with van der Waals surface area (Å²) in [6.07, 6.45) is 55.0. The predicted molar refractivity (Wildman–Crippen MR) is 241 cm³/mol. The molecule has 0 bridgehead atoms. The summed E-state index contributed by atoms with van der Waals surface area (Å²) in [4.78, 5) is 25.9. The number of hydrogen-bond acceptors (Lipinski definition) is 5. The molecule has 0 saturated carbocycles. The summed E-state index contributed by atoms with van der Waals surface area (Å²) in [7, 11) is 0. The molecule has 0 heterocycles. The van der Waals surface area contributed by atoms with Gasteiger partial charge in [-0.3, -0.25) is 9.59 Å². The number of amides is 1. The predicted octanol–water partition coefficient (Wildman–Crippen LogP) is 13.2. The fourth-order valence-corrected chi connectivity index (χ4v) is 6.40. The lowest BCUT2D eigenvalue weighted by atomic mass is 10.0. The lowest BCUT2D eigenvalue weighted by Gasteiger charge is -2.24. The minimum atomic E-state index is -0.801. The Morgan fingerprint density at radius 1 is 0.536 bits per heavy atom. The highest BCUT2D eigenvalue weighted by Gasteiger charge is 2.24. The number of allylic oxidation sites excluding steroid dienone is 14. The maximum absolute atomic E-state index is 13.1. The van der Waals surface area contributed by atoms with Crippen molar-refractivity contribution >= 4 is 11.9 Å². The minimum absolute atomic E-state index is 0.0431. The van der Waals surface area contributed by atoms with Gasteiger partial charge in [-0.25, -0.2) is 0 Å². The number of ether oxygens (including phenoxy) is 1. The van der Waals surface area contributed by atoms with Gasteiger partial charge >= 0.3 is 5.97 Å². The van der Waals surface area contributed by atoms with Gasteiger partial charge in [-0.1, -0.05) is 202 Å². The molecule has 1 amide bonds. The maximum Gasteiger partial charge on any atom is 0.306 e. The molecule has 6 heteroatoms. The minimum Gasteiger partial charge on any atom is -0.462 e. The summed E-state index contributed by atoms with van der Waals surface area (Å²) >= 11 is 0. The average Bonchev–Trinajstić information content (AvgIpc) is 3.19. The molecular formula is C50H85NO5. The highest BCUT2D eigenvalue weighted by atomic mass is 16.5. The number of esters is 1. The Labute approximate surface area is 344 Å². The Hall–Kier alpha value is -2.96. The lowest BCUT2D eigenvalue weighted by molar-refractivity contribution is -0.151. The zero-order valence-corrected chi connectivity index (χ0v) is 36.2. The third kappa shape index (κ3) is 37.9. The number of unbranched alkanes of at least 4 members (excludes halogenated alkanes) is 18. The normalized spacial score (nSPS) is 14.2. The van der Waals surface area contributed by atoms with Gasteiger partial charge in [0.1, 0.15) is 6.10 Å². The van der Waals surface area contributed by atoms with Gasteiger partial charge in [0.15, 0.2) is 0 Å². The second-order valence-corrected chi connectivity index (χ2v) is 15.2. The van der Waals surface area contributed by atoms with Gasteiger partial charge in [0, 0.05) is 6.42 Å². The van der Waals surface area contributed by atoms with Crippen LogP contribution in [0.5, 0.6) is 0 Å². The highest BCUT2D eigenvalue weighted by molar-refractivity contribution is 5.77. The first kappa shape index (κ1) is 53.0. The van der Waals surface area contributed by atoms with Crippen LogP contribution >= 0.6 is 0 Å². The van der Waals surface area contributed by atoms with E-state index in [0.29, 0.717) is 19.3 Å². The van der Waals surface area contributed by atoms with E-state index < -0.39 is 18.2 Å². The van der Waals surface area contributed by atoms with Crippen LogP contribution in [0.1, 0.15) is 194 Å². The fraction of sp³-hybridized carbons (Fsp3) is 0.680. The molecule has 0 rings (SSSR count). The SMILES string of the molecule is CC\C=C/C=C/C=C/C=C\C=C\C=C\CCCCCC(=O)OC(CCCCC/C=C\CCC)CC(=O)NC(CO)C(O)CCCCCCCCCCCCCC. The van der Waals surface area contributed by atoms with Gasteiger partial charge in [0.2, 0.25) is 5.91 Å². The van der Waals surface area contributed by atoms with E-state index in [1.165, 1.54) is 57.8 Å². The largest absolute Gasteiger partial charge is 0.462 e. The van der Waals surface area contributed by atoms with Gasteiger partial charge < -0.3 is 20.3 Å². The van der Waals surface area contributed by atoms with Gasteiger partial charge in [0.25, 0.3) is 0 Å². The number of carbonyl (C=O) groups is 2. The van der Waals surface area contributed by atoms with Crippen LogP contribution in [-0.2, 0) is 14.3 Å². The number of hydrogen-bond donors (Lipinski definition) is 3. The van der Waals surface area contributed by atoms with E-state index in [-0.39, 0.29) is 24.9 Å². The van der Waals surface area contributed by atoms with Crippen LogP contribution in [0, 0.1) is 0 Å². The lowest BCUT2D eigenvalue weighted by Crippen LogP contribution is -2.46. The van der Waals surface area contributed by atoms with Crippen molar-refractivity contribution in [3.8, 4) is 0 Å². The zero-order chi connectivity index (χ0) is 41.0. The first-order valence-corrected chi connectivity index (χ1v) is 22.9. The molecule has 3 N–H and O–H groups in total. The smallest absolute Gasteiger partial charge is 0.306 e. The van der Waals surface area contributed by atoms with Crippen molar-refractivity contribution in [1.82, 2.24) is 5.32 Å². The second kappa shape index (κ2) is 43.2. The van der Waals surface area contributed by atoms with Crippen molar-refractivity contribution in [1.29, 1.82) is 0 Å². The van der Waals surface area contributed by atoms with Crippen molar-refractivity contribution in [2.24, 2.45) is 0 Å². The topological polar surface area (TPSA) is 95.9 Å². The van der Waals surface area contributed by atoms with Crippen LogP contribution in [0.25, 0.3) is 0 Å². The summed E-state index contributed by atoms with van der Waals surface area (Å²) in [6, 6.07) is -0.717. The first-order valence-electron chi connectivity index (χ1n) is 22.9. The molecule has 3 atom stereocenters. The Morgan fingerprint density at radius 3 is 1.59 bits per heavy atom. The molecule has 0 aromatic carbocycles. The molecular weight excluding hydrogens is 695 g/mol. The van der Waals surface area contributed by atoms with E-state index in [1.807, 2.05) is 54.7 Å². The Bertz CT molecular complexity index is 1100. The van der Waals surface area contributed by atoms with Crippen molar-refractivity contribution < 1.29 is 24.5 Å². The van der Waals surface area contributed by atoms with Crippen LogP contribution in [0.3, 0.4) is 0 Å². The molecule has 0 aliphatic heterocycles. The van der Waals surface area contributed by atoms with Crippen LogP contribution in [0.2, 0.25) is 0 Å². The van der Waals surface area contributed by atoms with Crippen molar-refractivity contribution in [3.63, 3.8) is 0 Å². The number of aliphatic hydroxyl groups excluding tert-OH is 2. The number of aliphatic hydroxyl groups is 2. The Morgan fingerprint density at radius 2 is 1.02 bits per heavy atom. The summed E-state index contributed by atoms with van der Waals surface area (Å²) in [5, 5.41) is 23.6. The fourth-order valence-electron chi connectivity index (χ4n) is 6.40. The van der Waals surface area contributed by atoms with Gasteiger partial charge in [-0.15, -0.1) is 0 Å². The number of nitrogens with one attached hydrogen (secondary N) is 1. The van der Waals surface area contributed by atoms with E-state index >= 15 is 0 Å². The van der Waals surface area contributed by atoms with Crippen molar-refractivity contribution in [2.75, 3.05) is 6.61 Å². The molecule has 0 aliphatic carbocycles. The van der Waals surface area contributed by atoms with Gasteiger partial charge in [-0.2, -0.15) is 0 Å². The van der Waals surface area contributed by atoms with Crippen molar-refractivity contribution in [3.05, 3.63) is 85.1 Å². The van der Waals surface area contributed by atoms with E-state index in [1.54, 1.807) is 0 Å². The molecule has 0 aromatic rings. The quantitative estimate of drug-likeness (QED) is 0.0250. The first-order chi connectivity index (χ1) is 27.5. The molecule has 0 fully saturated rings. The molecule has 0 aromatic heterocycles. The van der Waals surface area contributed by atoms with Crippen LogP contribution < -0.4 is 5.32 Å². The molecule has 0 aliphatic rings. The summed E-state index contributed by atoms with van der Waals surface area (Å²) in [5.74, 6) is -0.554. The third-order valence-corrected chi connectivity index (χ3v) is 9.85. The number of carbonyl (C=O) groups excluding carboxylic acids is 2. The molecule has 6 nitrogen and oxygen atoms in total. The summed E-state index contributed by atoms with van der Waals surface area (Å²) in [5.41, 5.74) is 0. The standard InChI is InChI=1S/C50H85NO5/c1-4-7-10-13-16-19-21-23-24-25-26-27-29-31-34-37-40-43-50(55)56-46(41-38-35-32-18-15-12-9-6-3)44-49(54)51-47(45-52)48(53)42-39-36-33-30-28-22-20-17-14-11-8-5-2/h7,10,12-13,15-16,19,21,23-27,29,46-48,52-53H,4-6,8-9,11,14,17-18,20,22,28,30-45H2,1-3H3,(H,51,54)/b10-7-,15-12-,16-13+,21-19+,24-23-,26-25+,29-27+. The van der Waals surface area contributed by atoms with Gasteiger partial charge in [0.05, 0.1) is 25.2 Å². The van der Waals surface area contributed by atoms with Crippen LogP contribution in [0.15, 0.2) is 85.1 Å². The Kier molecular flexibility index (Phi) is 40.9. The summed E-state index contributed by atoms with van der Waals surface area (Å²) < 4.78 is 5.85. The maximum atomic E-state index is 13.1. The zero-order valence-electron chi connectivity index (χ0n) is 36.2. The molecule has 0 saturated heterocycles. The monoisotopic (exact) mass is 780 g/mol. The van der Waals surface area contributed by atoms with E-state index in [0.717, 1.165) is 89.9 Å². The Balaban J connectivity index is 4.60. The van der Waals surface area contributed by atoms with E-state index in [2.05, 4.69) is 56.5 Å². The highest BCUT2D eigenvalue weighted by Crippen LogP contribution is 2.17. The number of rotatable bonds is 39. The molecule has 56 heavy (non-hydrogen) atoms. The van der Waals surface area contributed by atoms with Crippen molar-refractivity contribution in [2.45, 2.75) is 212 Å². The second-order valence-electron chi connectivity index (χ2n) is 15.2. The van der Waals surface area contributed by atoms with Gasteiger partial charge in [-0.05, 0) is 64.2 Å².